The van der Waals surface area contributed by atoms with Crippen LogP contribution in [0.3, 0.4) is 0 Å². The smallest absolute Gasteiger partial charge is 0.418 e. The van der Waals surface area contributed by atoms with Crippen LogP contribution in [-0.2, 0) is 26.1 Å². The molecule has 1 aliphatic carbocycles. The second-order valence-corrected chi connectivity index (χ2v) is 16.3. The number of nitrogens with one attached hydrogen (secondary N) is 2. The van der Waals surface area contributed by atoms with Crippen molar-refractivity contribution >= 4 is 33.4 Å². The minimum atomic E-state index is -4.99. The van der Waals surface area contributed by atoms with E-state index in [2.05, 4.69) is 10.6 Å². The SMILES string of the molecule is COC(=O)NC(C(=O)NCc1ccc(C(CCO)N(CC2CC(F)(F)C2)S(=O)(=O)c2ccc(C(O)C(F)(F)F)cc2)s1)C(c1ccccc1)c1ccccc1. The minimum absolute atomic E-state index is 0.0599. The average Bonchev–Trinajstić information content (AvgIpc) is 3.63. The number of nitrogens with zero attached hydrogens (tertiary/aromatic N) is 1. The summed E-state index contributed by atoms with van der Waals surface area (Å²) in [6.07, 6.45) is -9.97. The normalized spacial score (nSPS) is 16.3. The third kappa shape index (κ3) is 10.3. The fraction of sp³-hybridized carbons (Fsp3) is 0.368. The first-order chi connectivity index (χ1) is 26.0. The number of carbonyl (C=O) groups is 2. The number of amides is 2. The summed E-state index contributed by atoms with van der Waals surface area (Å²) in [6.45, 7) is -0.921. The van der Waals surface area contributed by atoms with Gasteiger partial charge >= 0.3 is 12.3 Å². The Hall–Kier alpha value is -4.42. The van der Waals surface area contributed by atoms with Crippen LogP contribution in [0.2, 0.25) is 0 Å². The molecule has 1 heterocycles. The van der Waals surface area contributed by atoms with E-state index in [-0.39, 0.29) is 19.5 Å². The van der Waals surface area contributed by atoms with E-state index in [1.165, 1.54) is 7.11 Å². The van der Waals surface area contributed by atoms with Crippen molar-refractivity contribution in [2.45, 2.75) is 66.9 Å². The van der Waals surface area contributed by atoms with Gasteiger partial charge in [-0.25, -0.2) is 22.0 Å². The van der Waals surface area contributed by atoms with Gasteiger partial charge in [-0.3, -0.25) is 4.79 Å². The first kappa shape index (κ1) is 41.7. The van der Waals surface area contributed by atoms with Gasteiger partial charge in [0.1, 0.15) is 6.04 Å². The van der Waals surface area contributed by atoms with Crippen LogP contribution in [-0.4, -0.2) is 73.3 Å². The molecule has 0 bridgehead atoms. The van der Waals surface area contributed by atoms with E-state index in [0.29, 0.717) is 9.75 Å². The first-order valence-electron chi connectivity index (χ1n) is 17.2. The van der Waals surface area contributed by atoms with Crippen molar-refractivity contribution in [2.24, 2.45) is 5.92 Å². The zero-order valence-electron chi connectivity index (χ0n) is 29.5. The molecule has 4 aromatic rings. The summed E-state index contributed by atoms with van der Waals surface area (Å²) in [5, 5.41) is 25.2. The number of alkyl carbamates (subject to hydrolysis) is 1. The Bertz CT molecular complexity index is 1950. The van der Waals surface area contributed by atoms with Crippen LogP contribution in [0.4, 0.5) is 26.7 Å². The number of hydrogen-bond acceptors (Lipinski definition) is 8. The number of aliphatic hydroxyl groups excluding tert-OH is 2. The topological polar surface area (TPSA) is 145 Å². The fourth-order valence-electron chi connectivity index (χ4n) is 6.60. The number of aliphatic hydroxyl groups is 2. The predicted octanol–water partition coefficient (Wildman–Crippen LogP) is 6.68. The molecule has 1 fully saturated rings. The highest BCUT2D eigenvalue weighted by Gasteiger charge is 2.48. The van der Waals surface area contributed by atoms with E-state index in [1.54, 1.807) is 12.1 Å². The highest BCUT2D eigenvalue weighted by Crippen LogP contribution is 2.45. The van der Waals surface area contributed by atoms with E-state index in [0.717, 1.165) is 51.0 Å². The molecule has 0 saturated heterocycles. The molecular formula is C38H40F5N3O7S2. The van der Waals surface area contributed by atoms with Gasteiger partial charge in [-0.2, -0.15) is 17.5 Å². The molecule has 0 spiro atoms. The Kier molecular flexibility index (Phi) is 13.3. The Morgan fingerprint density at radius 3 is 2.02 bits per heavy atom. The van der Waals surface area contributed by atoms with Gasteiger partial charge in [0.25, 0.3) is 0 Å². The number of ether oxygens (including phenoxy) is 1. The van der Waals surface area contributed by atoms with E-state index < -0.39 is 94.1 Å². The Morgan fingerprint density at radius 1 is 0.927 bits per heavy atom. The Morgan fingerprint density at radius 2 is 1.51 bits per heavy atom. The molecule has 3 unspecified atom stereocenters. The van der Waals surface area contributed by atoms with Gasteiger partial charge in [0.2, 0.25) is 21.9 Å². The number of alkyl halides is 5. The summed E-state index contributed by atoms with van der Waals surface area (Å²) >= 11 is 1.11. The fourth-order valence-corrected chi connectivity index (χ4v) is 9.47. The number of rotatable bonds is 16. The maximum absolute atomic E-state index is 14.1. The van der Waals surface area contributed by atoms with Crippen LogP contribution in [0.25, 0.3) is 0 Å². The maximum atomic E-state index is 14.1. The molecule has 3 atom stereocenters. The average molecular weight is 810 g/mol. The van der Waals surface area contributed by atoms with Crippen molar-refractivity contribution in [1.82, 2.24) is 14.9 Å². The third-order valence-corrected chi connectivity index (χ3v) is 12.4. The zero-order chi connectivity index (χ0) is 40.0. The van der Waals surface area contributed by atoms with Crippen LogP contribution in [0.15, 0.2) is 102 Å². The molecule has 1 aromatic heterocycles. The number of carbonyl (C=O) groups excluding carboxylic acids is 2. The minimum Gasteiger partial charge on any atom is -0.453 e. The molecule has 10 nitrogen and oxygen atoms in total. The molecule has 296 valence electrons. The molecule has 2 amide bonds. The predicted molar refractivity (Wildman–Crippen MR) is 194 cm³/mol. The molecule has 1 saturated carbocycles. The number of halogens is 5. The van der Waals surface area contributed by atoms with E-state index in [9.17, 15) is 50.2 Å². The van der Waals surface area contributed by atoms with Crippen molar-refractivity contribution in [2.75, 3.05) is 20.3 Å². The number of methoxy groups -OCH3 is 1. The van der Waals surface area contributed by atoms with Crippen LogP contribution in [0, 0.1) is 5.92 Å². The van der Waals surface area contributed by atoms with Crippen molar-refractivity contribution < 1.29 is 54.9 Å². The summed E-state index contributed by atoms with van der Waals surface area (Å²) < 4.78 is 101. The molecule has 3 aromatic carbocycles. The largest absolute Gasteiger partial charge is 0.453 e. The van der Waals surface area contributed by atoms with E-state index in [4.69, 9.17) is 4.74 Å². The molecule has 17 heteroatoms. The van der Waals surface area contributed by atoms with Crippen LogP contribution >= 0.6 is 11.3 Å². The van der Waals surface area contributed by atoms with Gasteiger partial charge in [0.15, 0.2) is 6.10 Å². The van der Waals surface area contributed by atoms with Gasteiger partial charge in [-0.05, 0) is 53.3 Å². The molecular weight excluding hydrogens is 770 g/mol. The summed E-state index contributed by atoms with van der Waals surface area (Å²) in [7, 11) is -3.39. The highest BCUT2D eigenvalue weighted by molar-refractivity contribution is 7.89. The van der Waals surface area contributed by atoms with Gasteiger partial charge < -0.3 is 25.6 Å². The maximum Gasteiger partial charge on any atom is 0.418 e. The van der Waals surface area contributed by atoms with Crippen molar-refractivity contribution in [1.29, 1.82) is 0 Å². The molecule has 0 radical (unpaired) electrons. The molecule has 1 aliphatic rings. The third-order valence-electron chi connectivity index (χ3n) is 9.32. The van der Waals surface area contributed by atoms with Gasteiger partial charge in [-0.1, -0.05) is 72.8 Å². The van der Waals surface area contributed by atoms with Crippen LogP contribution in [0.5, 0.6) is 0 Å². The molecule has 4 N–H and O–H groups in total. The van der Waals surface area contributed by atoms with Crippen molar-refractivity contribution in [3.8, 4) is 0 Å². The molecule has 5 rings (SSSR count). The Balaban J connectivity index is 1.41. The van der Waals surface area contributed by atoms with E-state index in [1.807, 2.05) is 60.7 Å². The zero-order valence-corrected chi connectivity index (χ0v) is 31.1. The number of sulfonamides is 1. The standard InChI is InChI=1S/C38H40F5N3O7S2/c1-53-36(50)45-33(32(25-8-4-2-5-9-25)26-10-6-3-7-11-26)35(49)44-22-28-14-17-31(54-28)30(18-19-47)46(23-24-20-37(39,40)21-24)55(51,52)29-15-12-27(13-16-29)34(48)38(41,42)43/h2-17,24,30,32-34,47-48H,18-23H2,1H3,(H,44,49)(H,45,50). The second-order valence-electron chi connectivity index (χ2n) is 13.2. The van der Waals surface area contributed by atoms with Gasteiger partial charge in [-0.15, -0.1) is 11.3 Å². The Labute approximate surface area is 319 Å². The quantitative estimate of drug-likeness (QED) is 0.0926. The summed E-state index contributed by atoms with van der Waals surface area (Å²) in [5.74, 6) is -4.90. The van der Waals surface area contributed by atoms with E-state index >= 15 is 0 Å². The molecule has 55 heavy (non-hydrogen) atoms. The van der Waals surface area contributed by atoms with Crippen molar-refractivity contribution in [3.63, 3.8) is 0 Å². The number of benzene rings is 3. The highest BCUT2D eigenvalue weighted by atomic mass is 32.2. The van der Waals surface area contributed by atoms with Crippen molar-refractivity contribution in [3.05, 3.63) is 124 Å². The lowest BCUT2D eigenvalue weighted by molar-refractivity contribution is -0.206. The van der Waals surface area contributed by atoms with Gasteiger partial charge in [0.05, 0.1) is 24.6 Å². The second kappa shape index (κ2) is 17.6. The van der Waals surface area contributed by atoms with Gasteiger partial charge in [0, 0.05) is 41.7 Å². The number of hydrogen-bond donors (Lipinski definition) is 4. The summed E-state index contributed by atoms with van der Waals surface area (Å²) in [6, 6.07) is 22.7. The summed E-state index contributed by atoms with van der Waals surface area (Å²) in [5.41, 5.74) is 0.899. The monoisotopic (exact) mass is 809 g/mol. The lowest BCUT2D eigenvalue weighted by atomic mass is 9.81. The molecule has 0 aliphatic heterocycles. The lowest BCUT2D eigenvalue weighted by Crippen LogP contribution is -2.50. The van der Waals surface area contributed by atoms with Crippen LogP contribution in [0.1, 0.15) is 63.8 Å². The summed E-state index contributed by atoms with van der Waals surface area (Å²) in [4.78, 5) is 26.9. The first-order valence-corrected chi connectivity index (χ1v) is 19.5. The number of thiophene rings is 1. The van der Waals surface area contributed by atoms with Crippen LogP contribution < -0.4 is 10.6 Å². The lowest BCUT2D eigenvalue weighted by Gasteiger charge is -2.40.